The van der Waals surface area contributed by atoms with E-state index in [1.54, 1.807) is 0 Å². The third kappa shape index (κ3) is 6.56. The average Bonchev–Trinajstić information content (AvgIpc) is 2.35. The summed E-state index contributed by atoms with van der Waals surface area (Å²) in [6, 6.07) is 0. The van der Waals surface area contributed by atoms with Gasteiger partial charge in [0.1, 0.15) is 0 Å². The zero-order chi connectivity index (χ0) is 15.2. The summed E-state index contributed by atoms with van der Waals surface area (Å²) < 4.78 is 24.3. The van der Waals surface area contributed by atoms with E-state index in [2.05, 4.69) is 24.2 Å². The Kier molecular flexibility index (Phi) is 6.75. The van der Waals surface area contributed by atoms with Crippen LogP contribution in [0, 0.1) is 11.8 Å². The van der Waals surface area contributed by atoms with Crippen LogP contribution in [0.15, 0.2) is 4.99 Å². The van der Waals surface area contributed by atoms with E-state index in [4.69, 9.17) is 5.73 Å². The molecule has 0 bridgehead atoms. The monoisotopic (exact) mass is 304 g/mol. The molecule has 0 aliphatic carbocycles. The zero-order valence-electron chi connectivity index (χ0n) is 12.8. The molecule has 0 spiro atoms. The third-order valence-electron chi connectivity index (χ3n) is 3.59. The number of nitrogens with one attached hydrogen (secondary N) is 1. The molecule has 1 heterocycles. The first kappa shape index (κ1) is 17.2. The van der Waals surface area contributed by atoms with Gasteiger partial charge in [-0.25, -0.2) is 12.7 Å². The molecule has 0 radical (unpaired) electrons. The van der Waals surface area contributed by atoms with Gasteiger partial charge in [0.25, 0.3) is 0 Å². The SMILES string of the molecule is CC(C)CCNC(N)=NCC1CCN(S(C)(=O)=O)CC1. The van der Waals surface area contributed by atoms with Crippen LogP contribution in [0.5, 0.6) is 0 Å². The summed E-state index contributed by atoms with van der Waals surface area (Å²) in [5, 5.41) is 3.11. The van der Waals surface area contributed by atoms with E-state index in [1.165, 1.54) is 10.6 Å². The lowest BCUT2D eigenvalue weighted by molar-refractivity contribution is 0.280. The predicted molar refractivity (Wildman–Crippen MR) is 83.1 cm³/mol. The van der Waals surface area contributed by atoms with Crippen molar-refractivity contribution >= 4 is 16.0 Å². The molecule has 0 saturated carbocycles. The topological polar surface area (TPSA) is 87.8 Å². The van der Waals surface area contributed by atoms with Gasteiger partial charge >= 0.3 is 0 Å². The van der Waals surface area contributed by atoms with Crippen molar-refractivity contribution in [3.63, 3.8) is 0 Å². The van der Waals surface area contributed by atoms with E-state index in [1.807, 2.05) is 0 Å². The molecule has 20 heavy (non-hydrogen) atoms. The van der Waals surface area contributed by atoms with Crippen molar-refractivity contribution in [1.82, 2.24) is 9.62 Å². The van der Waals surface area contributed by atoms with Gasteiger partial charge in [0.2, 0.25) is 10.0 Å². The highest BCUT2D eigenvalue weighted by molar-refractivity contribution is 7.88. The summed E-state index contributed by atoms with van der Waals surface area (Å²) in [7, 11) is -3.04. The molecule has 1 aliphatic heterocycles. The Morgan fingerprint density at radius 2 is 2.00 bits per heavy atom. The quantitative estimate of drug-likeness (QED) is 0.556. The predicted octanol–water partition coefficient (Wildman–Crippen LogP) is 0.608. The van der Waals surface area contributed by atoms with Gasteiger partial charge in [-0.2, -0.15) is 0 Å². The average molecular weight is 304 g/mol. The number of aliphatic imine (C=N–C) groups is 1. The van der Waals surface area contributed by atoms with Crippen molar-refractivity contribution in [2.75, 3.05) is 32.4 Å². The molecule has 6 nitrogen and oxygen atoms in total. The van der Waals surface area contributed by atoms with Crippen molar-refractivity contribution in [3.8, 4) is 0 Å². The van der Waals surface area contributed by atoms with Gasteiger partial charge in [-0.05, 0) is 31.1 Å². The first-order valence-electron chi connectivity index (χ1n) is 7.28. The van der Waals surface area contributed by atoms with Gasteiger partial charge in [0.05, 0.1) is 6.26 Å². The Morgan fingerprint density at radius 3 is 2.50 bits per heavy atom. The fraction of sp³-hybridized carbons (Fsp3) is 0.923. The number of hydrogen-bond donors (Lipinski definition) is 2. The zero-order valence-corrected chi connectivity index (χ0v) is 13.6. The van der Waals surface area contributed by atoms with E-state index < -0.39 is 10.0 Å². The summed E-state index contributed by atoms with van der Waals surface area (Å²) in [5.41, 5.74) is 5.81. The molecular formula is C13H28N4O2S. The molecule has 0 aromatic rings. The van der Waals surface area contributed by atoms with Crippen LogP contribution in [0.1, 0.15) is 33.1 Å². The Balaban J connectivity index is 2.26. The summed E-state index contributed by atoms with van der Waals surface area (Å²) in [6.45, 7) is 7.06. The Labute approximate surface area is 122 Å². The molecular weight excluding hydrogens is 276 g/mol. The summed E-state index contributed by atoms with van der Waals surface area (Å²) in [6.07, 6.45) is 4.05. The molecule has 1 aliphatic rings. The van der Waals surface area contributed by atoms with Crippen molar-refractivity contribution in [1.29, 1.82) is 0 Å². The number of nitrogens with two attached hydrogens (primary N) is 1. The Morgan fingerprint density at radius 1 is 1.40 bits per heavy atom. The van der Waals surface area contributed by atoms with Gasteiger partial charge in [-0.1, -0.05) is 13.8 Å². The highest BCUT2D eigenvalue weighted by Crippen LogP contribution is 2.19. The van der Waals surface area contributed by atoms with Crippen LogP contribution in [0.2, 0.25) is 0 Å². The first-order chi connectivity index (χ1) is 9.29. The van der Waals surface area contributed by atoms with Crippen LogP contribution >= 0.6 is 0 Å². The highest BCUT2D eigenvalue weighted by Gasteiger charge is 2.24. The largest absolute Gasteiger partial charge is 0.370 e. The lowest BCUT2D eigenvalue weighted by Crippen LogP contribution is -2.39. The minimum absolute atomic E-state index is 0.429. The molecule has 0 unspecified atom stereocenters. The van der Waals surface area contributed by atoms with E-state index in [-0.39, 0.29) is 0 Å². The molecule has 3 N–H and O–H groups in total. The number of rotatable bonds is 6. The van der Waals surface area contributed by atoms with Gasteiger partial charge in [0, 0.05) is 26.2 Å². The molecule has 7 heteroatoms. The maximum absolute atomic E-state index is 11.4. The van der Waals surface area contributed by atoms with E-state index in [0.717, 1.165) is 25.8 Å². The molecule has 1 saturated heterocycles. The van der Waals surface area contributed by atoms with Crippen LogP contribution in [0.3, 0.4) is 0 Å². The fourth-order valence-electron chi connectivity index (χ4n) is 2.20. The highest BCUT2D eigenvalue weighted by atomic mass is 32.2. The number of nitrogens with zero attached hydrogens (tertiary/aromatic N) is 2. The molecule has 0 amide bonds. The number of guanidine groups is 1. The molecule has 1 rings (SSSR count). The maximum Gasteiger partial charge on any atom is 0.211 e. The van der Waals surface area contributed by atoms with E-state index >= 15 is 0 Å². The number of hydrogen-bond acceptors (Lipinski definition) is 3. The third-order valence-corrected chi connectivity index (χ3v) is 4.89. The smallest absolute Gasteiger partial charge is 0.211 e. The molecule has 0 aromatic carbocycles. The lowest BCUT2D eigenvalue weighted by atomic mass is 9.98. The summed E-state index contributed by atoms with van der Waals surface area (Å²) >= 11 is 0. The van der Waals surface area contributed by atoms with Crippen LogP contribution in [-0.4, -0.2) is 51.1 Å². The molecule has 0 aromatic heterocycles. The minimum Gasteiger partial charge on any atom is -0.370 e. The second kappa shape index (κ2) is 7.83. The molecule has 0 atom stereocenters. The first-order valence-corrected chi connectivity index (χ1v) is 9.12. The number of sulfonamides is 1. The maximum atomic E-state index is 11.4. The van der Waals surface area contributed by atoms with Crippen molar-refractivity contribution in [3.05, 3.63) is 0 Å². The normalized spacial score (nSPS) is 19.5. The van der Waals surface area contributed by atoms with Crippen molar-refractivity contribution in [2.45, 2.75) is 33.1 Å². The van der Waals surface area contributed by atoms with Crippen LogP contribution in [-0.2, 0) is 10.0 Å². The van der Waals surface area contributed by atoms with Crippen molar-refractivity contribution < 1.29 is 8.42 Å². The standard InChI is InChI=1S/C13H28N4O2S/c1-11(2)4-7-15-13(14)16-10-12-5-8-17(9-6-12)20(3,18)19/h11-12H,4-10H2,1-3H3,(H3,14,15,16). The van der Waals surface area contributed by atoms with Crippen LogP contribution in [0.4, 0.5) is 0 Å². The van der Waals surface area contributed by atoms with Crippen LogP contribution in [0.25, 0.3) is 0 Å². The van der Waals surface area contributed by atoms with Crippen molar-refractivity contribution in [2.24, 2.45) is 22.6 Å². The molecule has 1 fully saturated rings. The van der Waals surface area contributed by atoms with E-state index in [0.29, 0.717) is 37.4 Å². The lowest BCUT2D eigenvalue weighted by Gasteiger charge is -2.29. The van der Waals surface area contributed by atoms with Gasteiger partial charge in [0.15, 0.2) is 5.96 Å². The minimum atomic E-state index is -3.04. The second-order valence-corrected chi connectivity index (χ2v) is 7.92. The van der Waals surface area contributed by atoms with Gasteiger partial charge in [-0.3, -0.25) is 4.99 Å². The molecule has 118 valence electrons. The summed E-state index contributed by atoms with van der Waals surface area (Å²) in [5.74, 6) is 1.57. The Hall–Kier alpha value is -0.820. The fourth-order valence-corrected chi connectivity index (χ4v) is 3.07. The second-order valence-electron chi connectivity index (χ2n) is 5.94. The number of piperidine rings is 1. The van der Waals surface area contributed by atoms with E-state index in [9.17, 15) is 8.42 Å². The van der Waals surface area contributed by atoms with Crippen LogP contribution < -0.4 is 11.1 Å². The van der Waals surface area contributed by atoms with Gasteiger partial charge in [-0.15, -0.1) is 0 Å². The summed E-state index contributed by atoms with van der Waals surface area (Å²) in [4.78, 5) is 4.35. The Bertz CT molecular complexity index is 412. The van der Waals surface area contributed by atoms with Gasteiger partial charge < -0.3 is 11.1 Å².